The predicted octanol–water partition coefficient (Wildman–Crippen LogP) is 17.8. The first-order chi connectivity index (χ1) is 33.7. The Kier molecular flexibility index (Phi) is 8.50. The summed E-state index contributed by atoms with van der Waals surface area (Å²) in [5.74, 6) is 0. The van der Waals surface area contributed by atoms with Gasteiger partial charge in [0, 0.05) is 49.4 Å². The van der Waals surface area contributed by atoms with Crippen molar-refractivity contribution in [3.05, 3.63) is 271 Å². The Morgan fingerprint density at radius 1 is 0.324 bits per heavy atom. The average molecular weight is 868 g/mol. The van der Waals surface area contributed by atoms with Gasteiger partial charge in [-0.2, -0.15) is 0 Å². The molecule has 0 spiro atoms. The monoisotopic (exact) mass is 867 g/mol. The molecule has 318 valence electrons. The molecule has 0 unspecified atom stereocenters. The van der Waals surface area contributed by atoms with Crippen LogP contribution in [0.15, 0.2) is 258 Å². The second-order valence-corrected chi connectivity index (χ2v) is 17.9. The van der Waals surface area contributed by atoms with Crippen molar-refractivity contribution < 1.29 is 8.83 Å². The lowest BCUT2D eigenvalue weighted by Crippen LogP contribution is -2.28. The summed E-state index contributed by atoms with van der Waals surface area (Å²) >= 11 is 0. The number of anilines is 3. The minimum absolute atomic E-state index is 0.535. The molecule has 0 fully saturated rings. The lowest BCUT2D eigenvalue weighted by molar-refractivity contribution is 0.669. The molecule has 0 aliphatic heterocycles. The number of benzene rings is 11. The van der Waals surface area contributed by atoms with Crippen molar-refractivity contribution in [2.45, 2.75) is 5.41 Å². The van der Waals surface area contributed by atoms with Crippen molar-refractivity contribution >= 4 is 71.7 Å². The fourth-order valence-corrected chi connectivity index (χ4v) is 11.4. The van der Waals surface area contributed by atoms with Gasteiger partial charge < -0.3 is 13.7 Å². The molecule has 1 aliphatic carbocycles. The third-order valence-electron chi connectivity index (χ3n) is 14.4. The fraction of sp³-hybridized carbons (Fsp3) is 0.0154. The van der Waals surface area contributed by atoms with Gasteiger partial charge in [0.15, 0.2) is 0 Å². The summed E-state index contributed by atoms with van der Waals surface area (Å²) in [6, 6.07) is 90.0. The van der Waals surface area contributed by atoms with Crippen LogP contribution in [-0.4, -0.2) is 0 Å². The first kappa shape index (κ1) is 38.4. The Balaban J connectivity index is 0.971. The first-order valence-electron chi connectivity index (χ1n) is 23.3. The van der Waals surface area contributed by atoms with Gasteiger partial charge in [0.1, 0.15) is 22.3 Å². The Labute approximate surface area is 393 Å². The van der Waals surface area contributed by atoms with E-state index in [9.17, 15) is 0 Å². The molecule has 0 saturated carbocycles. The standard InChI is InChI=1S/C65H41NO2/c1-3-17-45(18-4-1)65(46-19-5-2-6-20-46)56-27-11-9-22-54(56)62-57(65)28-15-29-58(62)66(47-37-32-43(33-38-47)49-24-14-31-60-61(49)55-23-10-12-30-59(55)67-60)48-39-34-44(35-40-48)51-25-13-26-52-53-41-36-42-16-7-8-21-50(42)64(53)68-63(51)52/h1-41H. The number of hydrogen-bond donors (Lipinski definition) is 0. The number of fused-ring (bicyclic) bond motifs is 11. The predicted molar refractivity (Wildman–Crippen MR) is 281 cm³/mol. The highest BCUT2D eigenvalue weighted by Crippen LogP contribution is 2.59. The Morgan fingerprint density at radius 2 is 0.868 bits per heavy atom. The molecule has 0 bridgehead atoms. The van der Waals surface area contributed by atoms with E-state index in [-0.39, 0.29) is 0 Å². The largest absolute Gasteiger partial charge is 0.456 e. The van der Waals surface area contributed by atoms with Gasteiger partial charge in [-0.25, -0.2) is 0 Å². The van der Waals surface area contributed by atoms with Crippen LogP contribution in [0.25, 0.3) is 88.0 Å². The first-order valence-corrected chi connectivity index (χ1v) is 23.3. The highest BCUT2D eigenvalue weighted by Gasteiger charge is 2.47. The zero-order valence-electron chi connectivity index (χ0n) is 36.9. The number of para-hydroxylation sites is 2. The maximum atomic E-state index is 6.82. The Morgan fingerprint density at radius 3 is 1.63 bits per heavy atom. The summed E-state index contributed by atoms with van der Waals surface area (Å²) in [6.45, 7) is 0. The molecular weight excluding hydrogens is 827 g/mol. The van der Waals surface area contributed by atoms with Crippen LogP contribution < -0.4 is 4.90 Å². The molecule has 2 heterocycles. The lowest BCUT2D eigenvalue weighted by Gasteiger charge is -2.34. The van der Waals surface area contributed by atoms with E-state index in [1.54, 1.807) is 0 Å². The number of hydrogen-bond acceptors (Lipinski definition) is 3. The molecule has 0 amide bonds. The summed E-state index contributed by atoms with van der Waals surface area (Å²) in [6.07, 6.45) is 0. The van der Waals surface area contributed by atoms with Crippen molar-refractivity contribution in [2.24, 2.45) is 0 Å². The van der Waals surface area contributed by atoms with Crippen LogP contribution in [0.1, 0.15) is 22.3 Å². The molecule has 3 nitrogen and oxygen atoms in total. The molecule has 0 N–H and O–H groups in total. The quantitative estimate of drug-likeness (QED) is 0.160. The van der Waals surface area contributed by atoms with Gasteiger partial charge in [0.25, 0.3) is 0 Å². The van der Waals surface area contributed by atoms with Crippen LogP contribution in [-0.2, 0) is 5.41 Å². The lowest BCUT2D eigenvalue weighted by atomic mass is 9.68. The third kappa shape index (κ3) is 5.60. The molecule has 1 aliphatic rings. The number of rotatable bonds is 7. The van der Waals surface area contributed by atoms with Gasteiger partial charge >= 0.3 is 0 Å². The van der Waals surface area contributed by atoms with Crippen LogP contribution in [0, 0.1) is 0 Å². The van der Waals surface area contributed by atoms with E-state index in [4.69, 9.17) is 8.83 Å². The molecule has 13 aromatic rings. The second-order valence-electron chi connectivity index (χ2n) is 17.9. The van der Waals surface area contributed by atoms with Gasteiger partial charge in [-0.15, -0.1) is 0 Å². The van der Waals surface area contributed by atoms with Crippen molar-refractivity contribution in [3.63, 3.8) is 0 Å². The van der Waals surface area contributed by atoms with Crippen molar-refractivity contribution in [1.82, 2.24) is 0 Å². The topological polar surface area (TPSA) is 29.5 Å². The van der Waals surface area contributed by atoms with E-state index in [0.717, 1.165) is 88.6 Å². The van der Waals surface area contributed by atoms with Crippen LogP contribution in [0.3, 0.4) is 0 Å². The summed E-state index contributed by atoms with van der Waals surface area (Å²) in [5, 5.41) is 6.79. The molecule has 68 heavy (non-hydrogen) atoms. The minimum Gasteiger partial charge on any atom is -0.456 e. The SMILES string of the molecule is c1ccc(C2(c3ccccc3)c3ccccc3-c3c(N(c4ccc(-c5cccc6c5oc5c7ccccc7ccc65)cc4)c4ccc(-c5cccc6oc7ccccc7c56)cc4)cccc32)cc1. The second kappa shape index (κ2) is 15.1. The molecule has 0 saturated heterocycles. The van der Waals surface area contributed by atoms with E-state index in [2.05, 4.69) is 241 Å². The van der Waals surface area contributed by atoms with Crippen LogP contribution in [0.5, 0.6) is 0 Å². The summed E-state index contributed by atoms with van der Waals surface area (Å²) in [5.41, 5.74) is 18.2. The number of furan rings is 2. The van der Waals surface area contributed by atoms with Gasteiger partial charge in [-0.05, 0) is 98.4 Å². The zero-order valence-corrected chi connectivity index (χ0v) is 36.9. The highest BCUT2D eigenvalue weighted by molar-refractivity contribution is 6.17. The van der Waals surface area contributed by atoms with E-state index >= 15 is 0 Å². The summed E-state index contributed by atoms with van der Waals surface area (Å²) in [4.78, 5) is 2.44. The maximum absolute atomic E-state index is 6.82. The maximum Gasteiger partial charge on any atom is 0.143 e. The van der Waals surface area contributed by atoms with Crippen LogP contribution >= 0.6 is 0 Å². The average Bonchev–Trinajstić information content (AvgIpc) is 4.09. The van der Waals surface area contributed by atoms with Crippen molar-refractivity contribution in [2.75, 3.05) is 4.90 Å². The normalized spacial score (nSPS) is 12.8. The zero-order chi connectivity index (χ0) is 44.8. The Hall–Kier alpha value is -8.92. The van der Waals surface area contributed by atoms with E-state index in [1.165, 1.54) is 38.8 Å². The third-order valence-corrected chi connectivity index (χ3v) is 14.4. The molecular formula is C65H41NO2. The number of nitrogens with zero attached hydrogens (tertiary/aromatic N) is 1. The minimum atomic E-state index is -0.535. The van der Waals surface area contributed by atoms with Gasteiger partial charge in [-0.3, -0.25) is 0 Å². The molecule has 2 aromatic heterocycles. The summed E-state index contributed by atoms with van der Waals surface area (Å²) < 4.78 is 13.1. The Bertz CT molecular complexity index is 4030. The van der Waals surface area contributed by atoms with E-state index in [0.29, 0.717) is 0 Å². The van der Waals surface area contributed by atoms with Crippen LogP contribution in [0.4, 0.5) is 17.1 Å². The van der Waals surface area contributed by atoms with Crippen LogP contribution in [0.2, 0.25) is 0 Å². The molecule has 11 aromatic carbocycles. The van der Waals surface area contributed by atoms with Gasteiger partial charge in [0.05, 0.1) is 11.1 Å². The molecule has 0 radical (unpaired) electrons. The van der Waals surface area contributed by atoms with Crippen molar-refractivity contribution in [3.8, 4) is 33.4 Å². The fourth-order valence-electron chi connectivity index (χ4n) is 11.4. The summed E-state index contributed by atoms with van der Waals surface area (Å²) in [7, 11) is 0. The molecule has 0 atom stereocenters. The highest BCUT2D eigenvalue weighted by atomic mass is 16.3. The van der Waals surface area contributed by atoms with Crippen molar-refractivity contribution in [1.29, 1.82) is 0 Å². The van der Waals surface area contributed by atoms with E-state index in [1.807, 2.05) is 12.1 Å². The van der Waals surface area contributed by atoms with Gasteiger partial charge in [0.2, 0.25) is 0 Å². The van der Waals surface area contributed by atoms with E-state index < -0.39 is 5.41 Å². The smallest absolute Gasteiger partial charge is 0.143 e. The van der Waals surface area contributed by atoms with Gasteiger partial charge in [-0.1, -0.05) is 200 Å². The molecule has 3 heteroatoms. The molecule has 14 rings (SSSR count).